The van der Waals surface area contributed by atoms with Gasteiger partial charge in [-0.2, -0.15) is 0 Å². The van der Waals surface area contributed by atoms with Gasteiger partial charge in [0.25, 0.3) is 0 Å². The molecule has 2 rings (SSSR count). The first-order chi connectivity index (χ1) is 10.1. The molecular formula is C15H14Cl2O3S. The largest absolute Gasteiger partial charge is 0.490 e. The summed E-state index contributed by atoms with van der Waals surface area (Å²) < 4.78 is 12.0. The van der Waals surface area contributed by atoms with Crippen molar-refractivity contribution in [3.63, 3.8) is 0 Å². The van der Waals surface area contributed by atoms with Crippen molar-refractivity contribution >= 4 is 40.3 Å². The fourth-order valence-electron chi connectivity index (χ4n) is 1.65. The Kier molecular flexibility index (Phi) is 5.91. The molecule has 0 saturated carbocycles. The number of halogens is 2. The number of ether oxygens (including phenoxy) is 2. The smallest absolute Gasteiger partial charge is 0.202 e. The molecule has 0 unspecified atom stereocenters. The zero-order chi connectivity index (χ0) is 15.2. The molecule has 0 bridgehead atoms. The van der Waals surface area contributed by atoms with Crippen LogP contribution < -0.4 is 9.47 Å². The monoisotopic (exact) mass is 344 g/mol. The third-order valence-electron chi connectivity index (χ3n) is 2.63. The average molecular weight is 345 g/mol. The van der Waals surface area contributed by atoms with E-state index < -0.39 is 0 Å². The molecule has 21 heavy (non-hydrogen) atoms. The highest BCUT2D eigenvalue weighted by atomic mass is 35.5. The summed E-state index contributed by atoms with van der Waals surface area (Å²) in [5.41, 5.74) is 0.388. The van der Waals surface area contributed by atoms with Crippen molar-refractivity contribution in [1.29, 1.82) is 0 Å². The van der Waals surface area contributed by atoms with Gasteiger partial charge in [0.2, 0.25) is 5.78 Å². The topological polar surface area (TPSA) is 35.5 Å². The van der Waals surface area contributed by atoms with Crippen LogP contribution in [0.5, 0.6) is 11.5 Å². The zero-order valence-corrected chi connectivity index (χ0v) is 13.7. The first kappa shape index (κ1) is 16.1. The number of thiophene rings is 1. The molecule has 1 aromatic heterocycles. The number of ketones is 1. The fourth-order valence-corrected chi connectivity index (χ4v) is 3.15. The lowest BCUT2D eigenvalue weighted by atomic mass is 10.2. The van der Waals surface area contributed by atoms with Crippen molar-refractivity contribution in [3.05, 3.63) is 44.6 Å². The Balaban J connectivity index is 2.03. The van der Waals surface area contributed by atoms with Gasteiger partial charge in [0, 0.05) is 0 Å². The van der Waals surface area contributed by atoms with Gasteiger partial charge in [-0.15, -0.1) is 11.3 Å². The molecule has 0 fully saturated rings. The number of carbonyl (C=O) groups is 1. The van der Waals surface area contributed by atoms with Crippen LogP contribution in [0.3, 0.4) is 0 Å². The number of rotatable bonds is 7. The van der Waals surface area contributed by atoms with Gasteiger partial charge in [-0.05, 0) is 24.6 Å². The van der Waals surface area contributed by atoms with E-state index in [1.165, 1.54) is 0 Å². The Morgan fingerprint density at radius 1 is 1.19 bits per heavy atom. The number of carbonyl (C=O) groups excluding carboxylic acids is 1. The summed E-state index contributed by atoms with van der Waals surface area (Å²) >= 11 is 12.9. The summed E-state index contributed by atoms with van der Waals surface area (Å²) in [5.74, 6) is 0.951. The molecule has 3 nitrogen and oxygen atoms in total. The molecule has 0 N–H and O–H groups in total. The van der Waals surface area contributed by atoms with E-state index in [0.717, 1.165) is 17.8 Å². The SMILES string of the molecule is CCCOc1ccccc1OCC(=O)c1cc(Cl)sc1Cl. The van der Waals surface area contributed by atoms with Gasteiger partial charge in [-0.25, -0.2) is 0 Å². The van der Waals surface area contributed by atoms with E-state index in [1.54, 1.807) is 12.1 Å². The van der Waals surface area contributed by atoms with Crippen LogP contribution in [0.15, 0.2) is 30.3 Å². The van der Waals surface area contributed by atoms with Crippen molar-refractivity contribution in [2.24, 2.45) is 0 Å². The number of hydrogen-bond donors (Lipinski definition) is 0. The summed E-state index contributed by atoms with van der Waals surface area (Å²) in [6.07, 6.45) is 0.899. The molecule has 2 aromatic rings. The van der Waals surface area contributed by atoms with Crippen LogP contribution in [0.4, 0.5) is 0 Å². The minimum Gasteiger partial charge on any atom is -0.490 e. The summed E-state index contributed by atoms with van der Waals surface area (Å²) in [6, 6.07) is 8.81. The van der Waals surface area contributed by atoms with Crippen molar-refractivity contribution in [1.82, 2.24) is 0 Å². The van der Waals surface area contributed by atoms with Crippen LogP contribution in [0.2, 0.25) is 8.67 Å². The Bertz CT molecular complexity index is 625. The first-order valence-electron chi connectivity index (χ1n) is 6.44. The van der Waals surface area contributed by atoms with Gasteiger partial charge in [0.05, 0.1) is 16.5 Å². The summed E-state index contributed by atoms with van der Waals surface area (Å²) in [7, 11) is 0. The minimum absolute atomic E-state index is 0.112. The van der Waals surface area contributed by atoms with E-state index in [4.69, 9.17) is 32.7 Å². The van der Waals surface area contributed by atoms with E-state index in [1.807, 2.05) is 25.1 Å². The molecule has 0 aliphatic heterocycles. The highest BCUT2D eigenvalue weighted by molar-refractivity contribution is 7.20. The molecule has 0 aliphatic rings. The summed E-state index contributed by atoms with van der Waals surface area (Å²) in [5, 5.41) is 0. The lowest BCUT2D eigenvalue weighted by molar-refractivity contribution is 0.0919. The van der Waals surface area contributed by atoms with Crippen LogP contribution >= 0.6 is 34.5 Å². The lowest BCUT2D eigenvalue weighted by Gasteiger charge is -2.11. The van der Waals surface area contributed by atoms with Gasteiger partial charge in [0.15, 0.2) is 18.1 Å². The molecule has 0 saturated heterocycles. The molecule has 0 spiro atoms. The van der Waals surface area contributed by atoms with E-state index in [2.05, 4.69) is 0 Å². The van der Waals surface area contributed by atoms with Crippen LogP contribution in [-0.2, 0) is 0 Å². The number of benzene rings is 1. The minimum atomic E-state index is -0.214. The molecule has 0 atom stereocenters. The maximum atomic E-state index is 12.1. The summed E-state index contributed by atoms with van der Waals surface area (Å²) in [6.45, 7) is 2.51. The van der Waals surface area contributed by atoms with Crippen molar-refractivity contribution < 1.29 is 14.3 Å². The Morgan fingerprint density at radius 3 is 2.43 bits per heavy atom. The number of Topliss-reactive ketones (excluding diaryl/α,β-unsaturated/α-hetero) is 1. The Morgan fingerprint density at radius 2 is 1.86 bits per heavy atom. The predicted octanol–water partition coefficient (Wildman–Crippen LogP) is 5.11. The molecule has 1 heterocycles. The van der Waals surface area contributed by atoms with Gasteiger partial charge in [-0.1, -0.05) is 42.3 Å². The highest BCUT2D eigenvalue weighted by Crippen LogP contribution is 2.32. The van der Waals surface area contributed by atoms with Gasteiger partial charge < -0.3 is 9.47 Å². The molecule has 0 amide bonds. The van der Waals surface area contributed by atoms with E-state index in [0.29, 0.717) is 32.3 Å². The maximum Gasteiger partial charge on any atom is 0.202 e. The molecular weight excluding hydrogens is 331 g/mol. The fraction of sp³-hybridized carbons (Fsp3) is 0.267. The van der Waals surface area contributed by atoms with Crippen molar-refractivity contribution in [2.45, 2.75) is 13.3 Å². The Labute approximate surface area is 137 Å². The second-order valence-electron chi connectivity index (χ2n) is 4.24. The second kappa shape index (κ2) is 7.69. The van der Waals surface area contributed by atoms with Crippen LogP contribution in [-0.4, -0.2) is 19.0 Å². The Hall–Kier alpha value is -1.23. The average Bonchev–Trinajstić information content (AvgIpc) is 2.82. The third-order valence-corrected chi connectivity index (χ3v) is 4.11. The molecule has 0 radical (unpaired) electrons. The summed E-state index contributed by atoms with van der Waals surface area (Å²) in [4.78, 5) is 12.1. The van der Waals surface area contributed by atoms with Crippen molar-refractivity contribution in [2.75, 3.05) is 13.2 Å². The highest BCUT2D eigenvalue weighted by Gasteiger charge is 2.15. The third kappa shape index (κ3) is 4.37. The van der Waals surface area contributed by atoms with Gasteiger partial charge >= 0.3 is 0 Å². The lowest BCUT2D eigenvalue weighted by Crippen LogP contribution is -2.12. The second-order valence-corrected chi connectivity index (χ2v) is 6.53. The molecule has 0 aliphatic carbocycles. The van der Waals surface area contributed by atoms with Crippen LogP contribution in [0.25, 0.3) is 0 Å². The van der Waals surface area contributed by atoms with Crippen molar-refractivity contribution in [3.8, 4) is 11.5 Å². The quantitative estimate of drug-likeness (QED) is 0.655. The maximum absolute atomic E-state index is 12.1. The zero-order valence-electron chi connectivity index (χ0n) is 11.4. The normalized spacial score (nSPS) is 10.4. The van der Waals surface area contributed by atoms with Gasteiger partial charge in [-0.3, -0.25) is 4.79 Å². The molecule has 6 heteroatoms. The molecule has 112 valence electrons. The number of para-hydroxylation sites is 2. The van der Waals surface area contributed by atoms with E-state index >= 15 is 0 Å². The predicted molar refractivity (Wildman–Crippen MR) is 86.4 cm³/mol. The van der Waals surface area contributed by atoms with Crippen LogP contribution in [0.1, 0.15) is 23.7 Å². The van der Waals surface area contributed by atoms with E-state index in [-0.39, 0.29) is 12.4 Å². The van der Waals surface area contributed by atoms with Gasteiger partial charge in [0.1, 0.15) is 4.34 Å². The standard InChI is InChI=1S/C15H14Cl2O3S/c1-2-7-19-12-5-3-4-6-13(12)20-9-11(18)10-8-14(16)21-15(10)17/h3-6,8H,2,7,9H2,1H3. The van der Waals surface area contributed by atoms with E-state index in [9.17, 15) is 4.79 Å². The molecule has 1 aromatic carbocycles. The van der Waals surface area contributed by atoms with Crippen LogP contribution in [0, 0.1) is 0 Å². The first-order valence-corrected chi connectivity index (χ1v) is 8.01. The number of hydrogen-bond acceptors (Lipinski definition) is 4.